The van der Waals surface area contributed by atoms with Crippen molar-refractivity contribution in [3.8, 4) is 5.69 Å². The Hall–Kier alpha value is -2.73. The van der Waals surface area contributed by atoms with Crippen LogP contribution in [0.1, 0.15) is 30.0 Å². The number of fused-ring (bicyclic) bond motifs is 1. The zero-order valence-electron chi connectivity index (χ0n) is 14.1. The van der Waals surface area contributed by atoms with Crippen LogP contribution in [0.15, 0.2) is 36.4 Å². The first kappa shape index (κ1) is 16.7. The van der Waals surface area contributed by atoms with E-state index in [1.54, 1.807) is 18.2 Å². The van der Waals surface area contributed by atoms with Gasteiger partial charge in [-0.15, -0.1) is 0 Å². The van der Waals surface area contributed by atoms with Crippen molar-refractivity contribution in [1.29, 1.82) is 5.41 Å². The Bertz CT molecular complexity index is 973. The fourth-order valence-corrected chi connectivity index (χ4v) is 3.65. The molecule has 0 unspecified atom stereocenters. The fourth-order valence-electron chi connectivity index (χ4n) is 3.65. The normalized spacial score (nSPS) is 15.5. The van der Waals surface area contributed by atoms with Crippen LogP contribution in [0.2, 0.25) is 0 Å². The molecule has 6 heteroatoms. The van der Waals surface area contributed by atoms with Gasteiger partial charge in [-0.2, -0.15) is 0 Å². The van der Waals surface area contributed by atoms with Crippen molar-refractivity contribution >= 4 is 22.8 Å². The second-order valence-corrected chi connectivity index (χ2v) is 6.54. The largest absolute Gasteiger partial charge is 0.396 e. The first-order chi connectivity index (χ1) is 12.6. The third kappa shape index (κ3) is 2.66. The first-order valence-electron chi connectivity index (χ1n) is 8.57. The van der Waals surface area contributed by atoms with Crippen LogP contribution in [-0.2, 0) is 4.74 Å². The molecule has 2 heterocycles. The second kappa shape index (κ2) is 6.53. The lowest BCUT2D eigenvalue weighted by molar-refractivity contribution is 0.0842. The highest BCUT2D eigenvalue weighted by Gasteiger charge is 2.24. The standard InChI is InChI=1S/C20H19F2N3O/c21-14-1-3-15(4-2-14)25-17(12-5-7-26-8-6-12)10-16-18(25)9-13(11-23)20(24)19(16)22/h1-4,9-12,23H,5-8,24H2. The number of anilines is 1. The lowest BCUT2D eigenvalue weighted by atomic mass is 9.96. The monoisotopic (exact) mass is 355 g/mol. The molecular weight excluding hydrogens is 336 g/mol. The summed E-state index contributed by atoms with van der Waals surface area (Å²) in [6.07, 6.45) is 2.73. The van der Waals surface area contributed by atoms with Gasteiger partial charge < -0.3 is 20.4 Å². The van der Waals surface area contributed by atoms with Crippen LogP contribution >= 0.6 is 0 Å². The third-order valence-electron chi connectivity index (χ3n) is 5.02. The van der Waals surface area contributed by atoms with Crippen molar-refractivity contribution < 1.29 is 13.5 Å². The molecule has 1 aromatic heterocycles. The summed E-state index contributed by atoms with van der Waals surface area (Å²) in [7, 11) is 0. The Morgan fingerprint density at radius 1 is 1.12 bits per heavy atom. The van der Waals surface area contributed by atoms with Crippen LogP contribution in [0.3, 0.4) is 0 Å². The Morgan fingerprint density at radius 3 is 2.46 bits per heavy atom. The van der Waals surface area contributed by atoms with Gasteiger partial charge in [0, 0.05) is 47.7 Å². The molecule has 0 aliphatic carbocycles. The Labute approximate surface area is 149 Å². The number of hydrogen-bond donors (Lipinski definition) is 2. The summed E-state index contributed by atoms with van der Waals surface area (Å²) in [4.78, 5) is 0. The molecule has 26 heavy (non-hydrogen) atoms. The summed E-state index contributed by atoms with van der Waals surface area (Å²) >= 11 is 0. The number of hydrogen-bond acceptors (Lipinski definition) is 3. The van der Waals surface area contributed by atoms with Crippen LogP contribution in [0.5, 0.6) is 0 Å². The lowest BCUT2D eigenvalue weighted by Crippen LogP contribution is -2.16. The van der Waals surface area contributed by atoms with E-state index in [4.69, 9.17) is 15.9 Å². The number of ether oxygens (including phenoxy) is 1. The van der Waals surface area contributed by atoms with Gasteiger partial charge in [-0.3, -0.25) is 0 Å². The molecule has 2 aromatic carbocycles. The van der Waals surface area contributed by atoms with E-state index in [0.717, 1.165) is 30.4 Å². The topological polar surface area (TPSA) is 64.0 Å². The molecule has 1 aliphatic rings. The molecule has 1 fully saturated rings. The predicted octanol–water partition coefficient (Wildman–Crippen LogP) is 4.38. The average Bonchev–Trinajstić information content (AvgIpc) is 3.05. The maximum atomic E-state index is 14.9. The summed E-state index contributed by atoms with van der Waals surface area (Å²) in [6, 6.07) is 9.67. The lowest BCUT2D eigenvalue weighted by Gasteiger charge is -2.24. The van der Waals surface area contributed by atoms with Crippen molar-refractivity contribution in [2.45, 2.75) is 18.8 Å². The van der Waals surface area contributed by atoms with Gasteiger partial charge in [0.1, 0.15) is 5.82 Å². The zero-order valence-corrected chi connectivity index (χ0v) is 14.1. The average molecular weight is 355 g/mol. The highest BCUT2D eigenvalue weighted by molar-refractivity contribution is 5.96. The Kier molecular flexibility index (Phi) is 4.20. The van der Waals surface area contributed by atoms with Crippen molar-refractivity contribution in [3.63, 3.8) is 0 Å². The summed E-state index contributed by atoms with van der Waals surface area (Å²) in [6.45, 7) is 1.32. The molecule has 134 valence electrons. The van der Waals surface area contributed by atoms with E-state index in [9.17, 15) is 8.78 Å². The molecule has 0 saturated carbocycles. The highest BCUT2D eigenvalue weighted by Crippen LogP contribution is 2.37. The van der Waals surface area contributed by atoms with E-state index in [1.807, 2.05) is 10.6 Å². The number of nitrogens with zero attached hydrogens (tertiary/aromatic N) is 1. The zero-order chi connectivity index (χ0) is 18.3. The van der Waals surface area contributed by atoms with Crippen LogP contribution in [0, 0.1) is 17.0 Å². The van der Waals surface area contributed by atoms with Crippen LogP contribution in [-0.4, -0.2) is 24.0 Å². The van der Waals surface area contributed by atoms with Crippen molar-refractivity contribution in [2.75, 3.05) is 18.9 Å². The van der Waals surface area contributed by atoms with E-state index < -0.39 is 5.82 Å². The molecule has 0 atom stereocenters. The predicted molar refractivity (Wildman–Crippen MR) is 98.3 cm³/mol. The molecule has 1 saturated heterocycles. The number of halogens is 2. The van der Waals surface area contributed by atoms with E-state index in [2.05, 4.69) is 0 Å². The van der Waals surface area contributed by atoms with E-state index in [1.165, 1.54) is 12.1 Å². The van der Waals surface area contributed by atoms with Crippen molar-refractivity contribution in [2.24, 2.45) is 0 Å². The number of nitrogens with two attached hydrogens (primary N) is 1. The highest BCUT2D eigenvalue weighted by atomic mass is 19.1. The number of aromatic nitrogens is 1. The van der Waals surface area contributed by atoms with E-state index in [-0.39, 0.29) is 17.4 Å². The van der Waals surface area contributed by atoms with Gasteiger partial charge in [0.2, 0.25) is 0 Å². The van der Waals surface area contributed by atoms with Gasteiger partial charge in [0.15, 0.2) is 5.82 Å². The number of rotatable bonds is 3. The minimum absolute atomic E-state index is 0.0257. The van der Waals surface area contributed by atoms with E-state index >= 15 is 0 Å². The molecular formula is C20H19F2N3O. The number of nitrogens with one attached hydrogen (secondary N) is 1. The Balaban J connectivity index is 2.02. The fraction of sp³-hybridized carbons (Fsp3) is 0.250. The van der Waals surface area contributed by atoms with Crippen LogP contribution in [0.4, 0.5) is 14.5 Å². The third-order valence-corrected chi connectivity index (χ3v) is 5.02. The van der Waals surface area contributed by atoms with Gasteiger partial charge in [0.25, 0.3) is 0 Å². The molecule has 4 rings (SSSR count). The maximum Gasteiger partial charge on any atom is 0.156 e. The van der Waals surface area contributed by atoms with Gasteiger partial charge in [-0.25, -0.2) is 8.78 Å². The van der Waals surface area contributed by atoms with E-state index in [0.29, 0.717) is 29.7 Å². The molecule has 1 aliphatic heterocycles. The first-order valence-corrected chi connectivity index (χ1v) is 8.57. The summed E-state index contributed by atoms with van der Waals surface area (Å²) in [5, 5.41) is 7.93. The minimum Gasteiger partial charge on any atom is -0.396 e. The summed E-state index contributed by atoms with van der Waals surface area (Å²) < 4.78 is 35.7. The molecule has 0 spiro atoms. The number of nitrogen functional groups attached to an aromatic ring is 1. The maximum absolute atomic E-state index is 14.9. The molecule has 0 bridgehead atoms. The summed E-state index contributed by atoms with van der Waals surface area (Å²) in [5.74, 6) is -0.631. The molecule has 3 aromatic rings. The van der Waals surface area contributed by atoms with Crippen molar-refractivity contribution in [3.05, 3.63) is 59.3 Å². The minimum atomic E-state index is -0.518. The smallest absolute Gasteiger partial charge is 0.156 e. The van der Waals surface area contributed by atoms with Gasteiger partial charge in [-0.1, -0.05) is 0 Å². The van der Waals surface area contributed by atoms with Crippen molar-refractivity contribution in [1.82, 2.24) is 4.57 Å². The molecule has 4 nitrogen and oxygen atoms in total. The number of benzene rings is 2. The van der Waals surface area contributed by atoms with Gasteiger partial charge in [-0.05, 0) is 49.2 Å². The molecule has 0 radical (unpaired) electrons. The Morgan fingerprint density at radius 2 is 1.81 bits per heavy atom. The van der Waals surface area contributed by atoms with Crippen LogP contribution < -0.4 is 5.73 Å². The molecule has 3 N–H and O–H groups in total. The second-order valence-electron chi connectivity index (χ2n) is 6.54. The van der Waals surface area contributed by atoms with Crippen LogP contribution in [0.25, 0.3) is 16.6 Å². The van der Waals surface area contributed by atoms with Gasteiger partial charge >= 0.3 is 0 Å². The quantitative estimate of drug-likeness (QED) is 0.541. The summed E-state index contributed by atoms with van der Waals surface area (Å²) in [5.41, 5.74) is 8.49. The SMILES string of the molecule is N=Cc1cc2c(cc(C3CCOCC3)n2-c2ccc(F)cc2)c(F)c1N. The van der Waals surface area contributed by atoms with Gasteiger partial charge in [0.05, 0.1) is 11.2 Å². The molecule has 0 amide bonds.